The first-order chi connectivity index (χ1) is 6.56. The Hall–Kier alpha value is -0.160. The zero-order valence-corrected chi connectivity index (χ0v) is 9.18. The van der Waals surface area contributed by atoms with Crippen molar-refractivity contribution < 1.29 is 15.5 Å². The minimum atomic E-state index is -0.0799. The van der Waals surface area contributed by atoms with E-state index in [1.54, 1.807) is 0 Å². The molecular weight excluding hydrogens is 182 g/mol. The van der Waals surface area contributed by atoms with Gasteiger partial charge < -0.3 is 0 Å². The molecule has 84 valence electrons. The quantitative estimate of drug-likeness (QED) is 0.546. The summed E-state index contributed by atoms with van der Waals surface area (Å²) in [5.74, 6) is 1.47. The molecule has 1 aliphatic rings. The van der Waals surface area contributed by atoms with Crippen LogP contribution in [0.2, 0.25) is 0 Å². The Balaban J connectivity index is 2.63. The molecule has 0 aliphatic heterocycles. The Morgan fingerprint density at radius 1 is 1.36 bits per heavy atom. The third-order valence-electron chi connectivity index (χ3n) is 3.35. The van der Waals surface area contributed by atoms with Crippen molar-refractivity contribution in [2.75, 3.05) is 0 Å². The van der Waals surface area contributed by atoms with Crippen LogP contribution in [-0.4, -0.2) is 21.7 Å². The molecule has 0 saturated heterocycles. The van der Waals surface area contributed by atoms with Crippen molar-refractivity contribution in [3.63, 3.8) is 0 Å². The van der Waals surface area contributed by atoms with Gasteiger partial charge in [-0.15, -0.1) is 4.99 Å². The highest BCUT2D eigenvalue weighted by atomic mass is 17.2. The van der Waals surface area contributed by atoms with E-state index in [9.17, 15) is 5.21 Å². The molecule has 3 atom stereocenters. The van der Waals surface area contributed by atoms with E-state index in [1.165, 1.54) is 6.42 Å². The highest BCUT2D eigenvalue weighted by Crippen LogP contribution is 2.35. The topological polar surface area (TPSA) is 52.9 Å². The molecule has 1 rings (SSSR count). The molecule has 3 unspecified atom stereocenters. The monoisotopic (exact) mass is 203 g/mol. The van der Waals surface area contributed by atoms with Crippen LogP contribution in [0, 0.1) is 17.8 Å². The van der Waals surface area contributed by atoms with Crippen molar-refractivity contribution >= 4 is 0 Å². The predicted octanol–water partition coefficient (Wildman–Crippen LogP) is 2.54. The number of rotatable bonds is 3. The van der Waals surface area contributed by atoms with Crippen LogP contribution in [0.25, 0.3) is 0 Å². The van der Waals surface area contributed by atoms with Crippen LogP contribution in [0.5, 0.6) is 0 Å². The fourth-order valence-corrected chi connectivity index (χ4v) is 2.47. The molecule has 1 fully saturated rings. The number of hydrogen-bond acceptors (Lipinski definition) is 4. The predicted molar refractivity (Wildman–Crippen MR) is 52.5 cm³/mol. The van der Waals surface area contributed by atoms with Gasteiger partial charge in [-0.2, -0.15) is 0 Å². The fourth-order valence-electron chi connectivity index (χ4n) is 2.47. The summed E-state index contributed by atoms with van der Waals surface area (Å²) >= 11 is 0. The van der Waals surface area contributed by atoms with Gasteiger partial charge in [0.25, 0.3) is 0 Å². The van der Waals surface area contributed by atoms with Gasteiger partial charge in [0, 0.05) is 0 Å². The van der Waals surface area contributed by atoms with Gasteiger partial charge in [0.2, 0.25) is 0 Å². The Labute approximate surface area is 85.3 Å². The van der Waals surface area contributed by atoms with Crippen LogP contribution < -0.4 is 0 Å². The third-order valence-corrected chi connectivity index (χ3v) is 3.35. The Morgan fingerprint density at radius 2 is 2.00 bits per heavy atom. The van der Waals surface area contributed by atoms with Gasteiger partial charge in [-0.25, -0.2) is 5.26 Å². The van der Waals surface area contributed by atoms with Gasteiger partial charge in [0.05, 0.1) is 6.04 Å². The molecule has 4 heteroatoms. The van der Waals surface area contributed by atoms with Crippen LogP contribution in [-0.2, 0) is 4.99 Å². The molecule has 0 bridgehead atoms. The van der Waals surface area contributed by atoms with E-state index in [4.69, 9.17) is 5.26 Å². The standard InChI is InChI=1S/C10H21NO3/c1-7(2)9-5-4-8(3)6-10(9)11(12)14-13/h7-10,12-13H,4-6H2,1-3H3. The average Bonchev–Trinajstić information content (AvgIpc) is 2.16. The molecular formula is C10H21NO3. The van der Waals surface area contributed by atoms with Crippen molar-refractivity contribution in [2.24, 2.45) is 17.8 Å². The average molecular weight is 203 g/mol. The van der Waals surface area contributed by atoms with Crippen LogP contribution >= 0.6 is 0 Å². The Morgan fingerprint density at radius 3 is 2.50 bits per heavy atom. The molecule has 0 aromatic carbocycles. The molecule has 0 amide bonds. The molecule has 0 heterocycles. The second-order valence-corrected chi connectivity index (χ2v) is 4.78. The van der Waals surface area contributed by atoms with Crippen LogP contribution in [0.1, 0.15) is 40.0 Å². The molecule has 0 aromatic rings. The first kappa shape index (κ1) is 11.9. The largest absolute Gasteiger partial charge is 0.287 e. The summed E-state index contributed by atoms with van der Waals surface area (Å²) in [6, 6.07) is -0.0799. The maximum Gasteiger partial charge on any atom is 0.0689 e. The molecule has 0 spiro atoms. The summed E-state index contributed by atoms with van der Waals surface area (Å²) in [5, 5.41) is 18.4. The van der Waals surface area contributed by atoms with Crippen LogP contribution in [0.15, 0.2) is 0 Å². The number of hydrogen-bond donors (Lipinski definition) is 2. The van der Waals surface area contributed by atoms with E-state index in [0.717, 1.165) is 12.8 Å². The lowest BCUT2D eigenvalue weighted by Gasteiger charge is -2.38. The van der Waals surface area contributed by atoms with Gasteiger partial charge in [-0.05, 0) is 35.8 Å². The summed E-state index contributed by atoms with van der Waals surface area (Å²) in [4.78, 5) is 3.91. The van der Waals surface area contributed by atoms with Gasteiger partial charge in [0.15, 0.2) is 0 Å². The SMILES string of the molecule is CC1CCC(C(C)C)C(N(O)OO)C1. The van der Waals surface area contributed by atoms with E-state index in [1.807, 2.05) is 0 Å². The minimum Gasteiger partial charge on any atom is -0.287 e. The molecule has 14 heavy (non-hydrogen) atoms. The van der Waals surface area contributed by atoms with Crippen molar-refractivity contribution in [1.29, 1.82) is 0 Å². The first-order valence-electron chi connectivity index (χ1n) is 5.36. The summed E-state index contributed by atoms with van der Waals surface area (Å²) in [6.45, 7) is 6.44. The first-order valence-corrected chi connectivity index (χ1v) is 5.36. The van der Waals surface area contributed by atoms with Crippen molar-refractivity contribution in [3.05, 3.63) is 0 Å². The summed E-state index contributed by atoms with van der Waals surface area (Å²) in [6.07, 6.45) is 3.16. The van der Waals surface area contributed by atoms with Crippen molar-refractivity contribution in [3.8, 4) is 0 Å². The van der Waals surface area contributed by atoms with Crippen molar-refractivity contribution in [2.45, 2.75) is 46.1 Å². The highest BCUT2D eigenvalue weighted by molar-refractivity contribution is 4.83. The smallest absolute Gasteiger partial charge is 0.0689 e. The van der Waals surface area contributed by atoms with Crippen LogP contribution in [0.4, 0.5) is 0 Å². The van der Waals surface area contributed by atoms with Gasteiger partial charge in [-0.1, -0.05) is 27.2 Å². The zero-order valence-electron chi connectivity index (χ0n) is 9.18. The second-order valence-electron chi connectivity index (χ2n) is 4.78. The lowest BCUT2D eigenvalue weighted by Crippen LogP contribution is -2.43. The Bertz CT molecular complexity index is 175. The Kier molecular flexibility index (Phi) is 4.31. The molecule has 2 N–H and O–H groups in total. The summed E-state index contributed by atoms with van der Waals surface area (Å²) in [5.41, 5.74) is 0. The summed E-state index contributed by atoms with van der Waals surface area (Å²) in [7, 11) is 0. The lowest BCUT2D eigenvalue weighted by atomic mass is 9.74. The lowest BCUT2D eigenvalue weighted by molar-refractivity contribution is -0.511. The number of nitrogens with zero attached hydrogens (tertiary/aromatic N) is 1. The minimum absolute atomic E-state index is 0.0799. The van der Waals surface area contributed by atoms with Gasteiger partial charge in [-0.3, -0.25) is 5.21 Å². The van der Waals surface area contributed by atoms with E-state index in [2.05, 4.69) is 25.8 Å². The van der Waals surface area contributed by atoms with Gasteiger partial charge in [0.1, 0.15) is 0 Å². The third kappa shape index (κ3) is 2.67. The van der Waals surface area contributed by atoms with Crippen molar-refractivity contribution in [1.82, 2.24) is 5.23 Å². The molecule has 0 radical (unpaired) electrons. The van der Waals surface area contributed by atoms with E-state index >= 15 is 0 Å². The summed E-state index contributed by atoms with van der Waals surface area (Å²) < 4.78 is 0. The van der Waals surface area contributed by atoms with Gasteiger partial charge >= 0.3 is 0 Å². The fraction of sp³-hybridized carbons (Fsp3) is 1.00. The maximum atomic E-state index is 9.38. The van der Waals surface area contributed by atoms with E-state index < -0.39 is 0 Å². The molecule has 1 saturated carbocycles. The molecule has 1 aliphatic carbocycles. The molecule has 0 aromatic heterocycles. The normalized spacial score (nSPS) is 34.1. The van der Waals surface area contributed by atoms with E-state index in [-0.39, 0.29) is 6.04 Å². The van der Waals surface area contributed by atoms with E-state index in [0.29, 0.717) is 23.0 Å². The second kappa shape index (κ2) is 5.07. The molecule has 4 nitrogen and oxygen atoms in total. The zero-order chi connectivity index (χ0) is 10.7. The highest BCUT2D eigenvalue weighted by Gasteiger charge is 2.35. The maximum absolute atomic E-state index is 9.38. The van der Waals surface area contributed by atoms with Crippen LogP contribution in [0.3, 0.4) is 0 Å². The number of hydroxylamine groups is 2.